The molecule has 0 radical (unpaired) electrons. The van der Waals surface area contributed by atoms with Gasteiger partial charge in [-0.25, -0.2) is 0 Å². The van der Waals surface area contributed by atoms with Gasteiger partial charge in [0.25, 0.3) is 5.91 Å². The lowest BCUT2D eigenvalue weighted by Crippen LogP contribution is -2.40. The fourth-order valence-corrected chi connectivity index (χ4v) is 2.79. The van der Waals surface area contributed by atoms with Gasteiger partial charge >= 0.3 is 5.97 Å². The molecule has 0 spiro atoms. The van der Waals surface area contributed by atoms with E-state index in [1.54, 1.807) is 29.2 Å². The predicted molar refractivity (Wildman–Crippen MR) is 103 cm³/mol. The zero-order valence-electron chi connectivity index (χ0n) is 15.8. The lowest BCUT2D eigenvalue weighted by atomic mass is 10.2. The maximum atomic E-state index is 12.1. The van der Waals surface area contributed by atoms with Crippen molar-refractivity contribution in [2.24, 2.45) is 0 Å². The molecule has 1 aliphatic heterocycles. The van der Waals surface area contributed by atoms with Crippen molar-refractivity contribution in [3.05, 3.63) is 48.5 Å². The Hall–Kier alpha value is -3.22. The van der Waals surface area contributed by atoms with Crippen molar-refractivity contribution < 1.29 is 28.5 Å². The van der Waals surface area contributed by atoms with E-state index >= 15 is 0 Å². The fraction of sp³-hybridized carbons (Fsp3) is 0.333. The first-order valence-electron chi connectivity index (χ1n) is 9.21. The summed E-state index contributed by atoms with van der Waals surface area (Å²) in [7, 11) is 0. The summed E-state index contributed by atoms with van der Waals surface area (Å²) in [5, 5.41) is 0. The molecule has 3 rings (SSSR count). The number of hydrogen-bond donors (Lipinski definition) is 0. The van der Waals surface area contributed by atoms with Gasteiger partial charge in [-0.1, -0.05) is 12.1 Å². The van der Waals surface area contributed by atoms with Crippen molar-refractivity contribution in [2.45, 2.75) is 13.3 Å². The summed E-state index contributed by atoms with van der Waals surface area (Å²) in [6.45, 7) is 3.14. The molecule has 1 aliphatic rings. The summed E-state index contributed by atoms with van der Waals surface area (Å²) < 4.78 is 21.5. The lowest BCUT2D eigenvalue weighted by Gasteiger charge is -2.28. The van der Waals surface area contributed by atoms with E-state index in [9.17, 15) is 9.59 Å². The van der Waals surface area contributed by atoms with Crippen LogP contribution < -0.4 is 19.1 Å². The number of hydrogen-bond acceptors (Lipinski definition) is 6. The number of carbonyl (C=O) groups excluding carboxylic acids is 2. The molecule has 7 nitrogen and oxygen atoms in total. The van der Waals surface area contributed by atoms with Gasteiger partial charge in [-0.15, -0.1) is 0 Å². The SMILES string of the molecule is CCOc1ccc(OCCOC(=O)CCN2C(=O)COc3ccccc32)cc1. The van der Waals surface area contributed by atoms with Crippen LogP contribution in [0.2, 0.25) is 0 Å². The number of esters is 1. The van der Waals surface area contributed by atoms with E-state index in [0.29, 0.717) is 23.8 Å². The van der Waals surface area contributed by atoms with E-state index in [0.717, 1.165) is 5.75 Å². The summed E-state index contributed by atoms with van der Waals surface area (Å²) in [5.41, 5.74) is 0.672. The molecule has 1 amide bonds. The van der Waals surface area contributed by atoms with Crippen LogP contribution in [0.3, 0.4) is 0 Å². The van der Waals surface area contributed by atoms with Crippen LogP contribution in [-0.4, -0.2) is 44.8 Å². The Balaban J connectivity index is 1.38. The zero-order valence-corrected chi connectivity index (χ0v) is 15.8. The van der Waals surface area contributed by atoms with Crippen LogP contribution in [0, 0.1) is 0 Å². The van der Waals surface area contributed by atoms with E-state index in [4.69, 9.17) is 18.9 Å². The topological polar surface area (TPSA) is 74.3 Å². The lowest BCUT2D eigenvalue weighted by molar-refractivity contribution is -0.144. The molecule has 2 aromatic rings. The number of carbonyl (C=O) groups is 2. The maximum absolute atomic E-state index is 12.1. The van der Waals surface area contributed by atoms with Gasteiger partial charge in [0, 0.05) is 6.54 Å². The molecular weight excluding hydrogens is 362 g/mol. The Kier molecular flexibility index (Phi) is 6.73. The van der Waals surface area contributed by atoms with E-state index in [2.05, 4.69) is 0 Å². The molecular formula is C21H23NO6. The Morgan fingerprint density at radius 3 is 2.50 bits per heavy atom. The Bertz CT molecular complexity index is 805. The van der Waals surface area contributed by atoms with Crippen LogP contribution in [0.25, 0.3) is 0 Å². The van der Waals surface area contributed by atoms with Crippen molar-refractivity contribution >= 4 is 17.6 Å². The zero-order chi connectivity index (χ0) is 19.8. The van der Waals surface area contributed by atoms with E-state index in [1.807, 2.05) is 31.2 Å². The van der Waals surface area contributed by atoms with Gasteiger partial charge in [0.15, 0.2) is 6.61 Å². The second-order valence-corrected chi connectivity index (χ2v) is 6.03. The summed E-state index contributed by atoms with van der Waals surface area (Å²) >= 11 is 0. The minimum Gasteiger partial charge on any atom is -0.494 e. The normalized spacial score (nSPS) is 12.8. The average Bonchev–Trinajstić information content (AvgIpc) is 2.72. The van der Waals surface area contributed by atoms with Crippen LogP contribution >= 0.6 is 0 Å². The van der Waals surface area contributed by atoms with Gasteiger partial charge < -0.3 is 23.8 Å². The molecule has 2 aromatic carbocycles. The van der Waals surface area contributed by atoms with Crippen molar-refractivity contribution in [1.82, 2.24) is 0 Å². The van der Waals surface area contributed by atoms with E-state index < -0.39 is 0 Å². The number of fused-ring (bicyclic) bond motifs is 1. The molecule has 0 saturated carbocycles. The minimum absolute atomic E-state index is 0.0258. The second kappa shape index (κ2) is 9.64. The monoisotopic (exact) mass is 385 g/mol. The molecule has 0 bridgehead atoms. The number of amides is 1. The highest BCUT2D eigenvalue weighted by molar-refractivity contribution is 5.98. The fourth-order valence-electron chi connectivity index (χ4n) is 2.79. The first kappa shape index (κ1) is 19.5. The number of para-hydroxylation sites is 2. The van der Waals surface area contributed by atoms with Crippen molar-refractivity contribution in [3.63, 3.8) is 0 Å². The van der Waals surface area contributed by atoms with Crippen molar-refractivity contribution in [3.8, 4) is 17.2 Å². The van der Waals surface area contributed by atoms with Gasteiger partial charge in [-0.05, 0) is 43.3 Å². The Morgan fingerprint density at radius 2 is 1.75 bits per heavy atom. The second-order valence-electron chi connectivity index (χ2n) is 6.03. The summed E-state index contributed by atoms with van der Waals surface area (Å²) in [4.78, 5) is 25.6. The molecule has 0 fully saturated rings. The average molecular weight is 385 g/mol. The first-order chi connectivity index (χ1) is 13.7. The number of rotatable bonds is 9. The number of nitrogens with zero attached hydrogens (tertiary/aromatic N) is 1. The Labute approximate surface area is 163 Å². The van der Waals surface area contributed by atoms with Gasteiger partial charge in [0.2, 0.25) is 0 Å². The molecule has 0 atom stereocenters. The molecule has 7 heteroatoms. The molecule has 0 unspecified atom stereocenters. The third-order valence-electron chi connectivity index (χ3n) is 4.10. The minimum atomic E-state index is -0.382. The number of benzene rings is 2. The quantitative estimate of drug-likeness (QED) is 0.488. The standard InChI is InChI=1S/C21H23NO6/c1-2-25-16-7-9-17(10-8-16)26-13-14-27-21(24)11-12-22-18-5-3-4-6-19(18)28-15-20(22)23/h3-10H,2,11-15H2,1H3. The van der Waals surface area contributed by atoms with Crippen LogP contribution in [0.1, 0.15) is 13.3 Å². The number of ether oxygens (including phenoxy) is 4. The molecule has 1 heterocycles. The maximum Gasteiger partial charge on any atom is 0.307 e. The van der Waals surface area contributed by atoms with E-state index in [1.165, 1.54) is 0 Å². The van der Waals surface area contributed by atoms with Crippen LogP contribution in [0.15, 0.2) is 48.5 Å². The largest absolute Gasteiger partial charge is 0.494 e. The molecule has 28 heavy (non-hydrogen) atoms. The van der Waals surface area contributed by atoms with Crippen LogP contribution in [-0.2, 0) is 14.3 Å². The number of anilines is 1. The van der Waals surface area contributed by atoms with Crippen LogP contribution in [0.4, 0.5) is 5.69 Å². The highest BCUT2D eigenvalue weighted by Gasteiger charge is 2.25. The first-order valence-corrected chi connectivity index (χ1v) is 9.21. The third kappa shape index (κ3) is 5.16. The van der Waals surface area contributed by atoms with Gasteiger partial charge in [-0.3, -0.25) is 9.59 Å². The van der Waals surface area contributed by atoms with Gasteiger partial charge in [-0.2, -0.15) is 0 Å². The smallest absolute Gasteiger partial charge is 0.307 e. The van der Waals surface area contributed by atoms with Gasteiger partial charge in [0.1, 0.15) is 30.5 Å². The third-order valence-corrected chi connectivity index (χ3v) is 4.10. The van der Waals surface area contributed by atoms with Crippen molar-refractivity contribution in [1.29, 1.82) is 0 Å². The predicted octanol–water partition coefficient (Wildman–Crippen LogP) is 2.82. The summed E-state index contributed by atoms with van der Waals surface area (Å²) in [6, 6.07) is 14.5. The van der Waals surface area contributed by atoms with Crippen molar-refractivity contribution in [2.75, 3.05) is 37.9 Å². The molecule has 148 valence electrons. The molecule has 0 saturated heterocycles. The Morgan fingerprint density at radius 1 is 1.04 bits per heavy atom. The highest BCUT2D eigenvalue weighted by Crippen LogP contribution is 2.31. The molecule has 0 N–H and O–H groups in total. The van der Waals surface area contributed by atoms with Gasteiger partial charge in [0.05, 0.1) is 18.7 Å². The summed E-state index contributed by atoms with van der Waals surface area (Å²) in [6.07, 6.45) is 0.100. The molecule has 0 aromatic heterocycles. The van der Waals surface area contributed by atoms with E-state index in [-0.39, 0.29) is 44.7 Å². The highest BCUT2D eigenvalue weighted by atomic mass is 16.6. The molecule has 0 aliphatic carbocycles. The van der Waals surface area contributed by atoms with Crippen LogP contribution in [0.5, 0.6) is 17.2 Å². The summed E-state index contributed by atoms with van der Waals surface area (Å²) in [5.74, 6) is 1.53.